The fraction of sp³-hybridized carbons (Fsp3) is 0.579. The van der Waals surface area contributed by atoms with Gasteiger partial charge in [-0.3, -0.25) is 4.79 Å². The molecule has 0 aliphatic carbocycles. The fourth-order valence-electron chi connectivity index (χ4n) is 2.43. The van der Waals surface area contributed by atoms with Gasteiger partial charge in [0.05, 0.1) is 13.2 Å². The monoisotopic (exact) mass is 349 g/mol. The summed E-state index contributed by atoms with van der Waals surface area (Å²) in [6.07, 6.45) is 0. The Morgan fingerprint density at radius 2 is 1.72 bits per heavy atom. The highest BCUT2D eigenvalue weighted by Gasteiger charge is 2.22. The average Bonchev–Trinajstić information content (AvgIpc) is 2.50. The molecule has 1 atom stereocenters. The molecule has 140 valence electrons. The zero-order chi connectivity index (χ0) is 19.2. The van der Waals surface area contributed by atoms with Crippen molar-refractivity contribution in [1.82, 2.24) is 15.5 Å². The minimum absolute atomic E-state index is 0.0104. The topological polar surface area (TPSA) is 70.7 Å². The molecule has 0 fully saturated rings. The number of hydrogen-bond acceptors (Lipinski definition) is 3. The van der Waals surface area contributed by atoms with Crippen LogP contribution in [0.4, 0.5) is 4.79 Å². The first-order valence-corrected chi connectivity index (χ1v) is 8.50. The van der Waals surface area contributed by atoms with Gasteiger partial charge in [-0.15, -0.1) is 0 Å². The average molecular weight is 349 g/mol. The van der Waals surface area contributed by atoms with Gasteiger partial charge in [0.15, 0.2) is 0 Å². The van der Waals surface area contributed by atoms with E-state index in [0.29, 0.717) is 0 Å². The largest absolute Gasteiger partial charge is 0.497 e. The number of likely N-dealkylation sites (N-methyl/N-ethyl adjacent to an activating group) is 1. The summed E-state index contributed by atoms with van der Waals surface area (Å²) in [6.45, 7) is 9.82. The molecule has 0 aliphatic heterocycles. The third-order valence-electron chi connectivity index (χ3n) is 3.66. The molecule has 0 saturated carbocycles. The molecule has 1 rings (SSSR count). The molecule has 0 bridgehead atoms. The highest BCUT2D eigenvalue weighted by molar-refractivity contribution is 5.84. The number of ether oxygens (including phenoxy) is 1. The minimum Gasteiger partial charge on any atom is -0.497 e. The lowest BCUT2D eigenvalue weighted by molar-refractivity contribution is -0.122. The van der Waals surface area contributed by atoms with E-state index in [4.69, 9.17) is 4.74 Å². The normalized spacial score (nSPS) is 12.5. The molecule has 0 spiro atoms. The molecular formula is C19H31N3O3. The summed E-state index contributed by atoms with van der Waals surface area (Å²) in [5.74, 6) is 0.790. The van der Waals surface area contributed by atoms with E-state index >= 15 is 0 Å². The Balaban J connectivity index is 2.73. The Morgan fingerprint density at radius 3 is 2.16 bits per heavy atom. The van der Waals surface area contributed by atoms with E-state index in [1.165, 1.54) is 4.90 Å². The number of benzene rings is 1. The van der Waals surface area contributed by atoms with Gasteiger partial charge in [-0.1, -0.05) is 26.0 Å². The highest BCUT2D eigenvalue weighted by atomic mass is 16.5. The van der Waals surface area contributed by atoms with Crippen LogP contribution in [0.2, 0.25) is 0 Å². The second kappa shape index (κ2) is 8.74. The molecule has 3 amide bonds. The summed E-state index contributed by atoms with van der Waals surface area (Å²) in [5.41, 5.74) is 0.675. The Morgan fingerprint density at radius 1 is 1.16 bits per heavy atom. The van der Waals surface area contributed by atoms with Crippen molar-refractivity contribution in [2.75, 3.05) is 20.7 Å². The van der Waals surface area contributed by atoms with Crippen LogP contribution in [0, 0.1) is 5.92 Å². The van der Waals surface area contributed by atoms with Gasteiger partial charge < -0.3 is 20.3 Å². The van der Waals surface area contributed by atoms with Crippen LogP contribution in [0.25, 0.3) is 0 Å². The third-order valence-corrected chi connectivity index (χ3v) is 3.66. The van der Waals surface area contributed by atoms with Crippen molar-refractivity contribution in [2.45, 2.75) is 46.2 Å². The zero-order valence-electron chi connectivity index (χ0n) is 16.3. The van der Waals surface area contributed by atoms with Gasteiger partial charge in [-0.25, -0.2) is 4.79 Å². The molecule has 2 N–H and O–H groups in total. The van der Waals surface area contributed by atoms with Crippen LogP contribution in [0.3, 0.4) is 0 Å². The second-order valence-electron chi connectivity index (χ2n) is 7.60. The zero-order valence-corrected chi connectivity index (χ0v) is 16.3. The van der Waals surface area contributed by atoms with Crippen molar-refractivity contribution in [3.8, 4) is 5.75 Å². The van der Waals surface area contributed by atoms with Crippen molar-refractivity contribution in [3.05, 3.63) is 29.8 Å². The Kier molecular flexibility index (Phi) is 7.27. The summed E-state index contributed by atoms with van der Waals surface area (Å²) in [5, 5.41) is 5.86. The van der Waals surface area contributed by atoms with Gasteiger partial charge in [0.1, 0.15) is 12.3 Å². The van der Waals surface area contributed by atoms with Crippen molar-refractivity contribution in [1.29, 1.82) is 0 Å². The lowest BCUT2D eigenvalue weighted by Gasteiger charge is -2.27. The number of urea groups is 1. The quantitative estimate of drug-likeness (QED) is 0.829. The van der Waals surface area contributed by atoms with Gasteiger partial charge in [0.2, 0.25) is 5.91 Å². The van der Waals surface area contributed by atoms with E-state index in [0.717, 1.165) is 11.3 Å². The van der Waals surface area contributed by atoms with E-state index in [-0.39, 0.29) is 36.0 Å². The smallest absolute Gasteiger partial charge is 0.318 e. The van der Waals surface area contributed by atoms with Crippen molar-refractivity contribution >= 4 is 11.9 Å². The summed E-state index contributed by atoms with van der Waals surface area (Å²) in [7, 11) is 3.23. The van der Waals surface area contributed by atoms with Crippen LogP contribution in [-0.4, -0.2) is 43.1 Å². The van der Waals surface area contributed by atoms with Crippen molar-refractivity contribution < 1.29 is 14.3 Å². The molecule has 0 aliphatic rings. The number of nitrogens with zero attached hydrogens (tertiary/aromatic N) is 1. The van der Waals surface area contributed by atoms with E-state index < -0.39 is 0 Å². The fourth-order valence-corrected chi connectivity index (χ4v) is 2.43. The minimum atomic E-state index is -0.321. The number of hydrogen-bond donors (Lipinski definition) is 2. The first-order valence-electron chi connectivity index (χ1n) is 8.50. The molecule has 0 radical (unpaired) electrons. The first kappa shape index (κ1) is 20.8. The van der Waals surface area contributed by atoms with E-state index in [2.05, 4.69) is 10.6 Å². The predicted octanol–water partition coefficient (Wildman–Crippen LogP) is 2.95. The second-order valence-corrected chi connectivity index (χ2v) is 7.60. The molecule has 25 heavy (non-hydrogen) atoms. The SMILES string of the molecule is COc1ccc([C@@H](NC(=O)N(C)CC(=O)NC(C)(C)C)C(C)C)cc1. The van der Waals surface area contributed by atoms with Crippen molar-refractivity contribution in [2.24, 2.45) is 5.92 Å². The van der Waals surface area contributed by atoms with Crippen LogP contribution in [0.1, 0.15) is 46.2 Å². The molecule has 0 saturated heterocycles. The van der Waals surface area contributed by atoms with Gasteiger partial charge in [-0.05, 0) is 44.4 Å². The number of nitrogens with one attached hydrogen (secondary N) is 2. The van der Waals surface area contributed by atoms with Gasteiger partial charge >= 0.3 is 6.03 Å². The van der Waals surface area contributed by atoms with Crippen LogP contribution in [0.15, 0.2) is 24.3 Å². The number of carbonyl (C=O) groups is 2. The third kappa shape index (κ3) is 7.03. The number of rotatable bonds is 6. The summed E-state index contributed by atoms with van der Waals surface area (Å²) < 4.78 is 5.17. The van der Waals surface area contributed by atoms with E-state index in [1.807, 2.05) is 58.9 Å². The van der Waals surface area contributed by atoms with Crippen LogP contribution in [0.5, 0.6) is 5.75 Å². The maximum absolute atomic E-state index is 12.5. The van der Waals surface area contributed by atoms with Crippen LogP contribution < -0.4 is 15.4 Å². The van der Waals surface area contributed by atoms with E-state index in [1.54, 1.807) is 14.2 Å². The highest BCUT2D eigenvalue weighted by Crippen LogP contribution is 2.24. The number of amides is 3. The predicted molar refractivity (Wildman–Crippen MR) is 99.6 cm³/mol. The summed E-state index contributed by atoms with van der Waals surface area (Å²) >= 11 is 0. The molecule has 0 aromatic heterocycles. The molecule has 0 heterocycles. The standard InChI is InChI=1S/C19H31N3O3/c1-13(2)17(14-8-10-15(25-7)11-9-14)20-18(24)22(6)12-16(23)21-19(3,4)5/h8-11,13,17H,12H2,1-7H3,(H,20,24)(H,21,23)/t17-/m0/s1. The lowest BCUT2D eigenvalue weighted by Crippen LogP contribution is -2.49. The van der Waals surface area contributed by atoms with Gasteiger partial charge in [0.25, 0.3) is 0 Å². The molecule has 1 aromatic rings. The van der Waals surface area contributed by atoms with Gasteiger partial charge in [0, 0.05) is 12.6 Å². The Bertz CT molecular complexity index is 577. The number of carbonyl (C=O) groups excluding carboxylic acids is 2. The number of methoxy groups -OCH3 is 1. The molecular weight excluding hydrogens is 318 g/mol. The van der Waals surface area contributed by atoms with Gasteiger partial charge in [-0.2, -0.15) is 0 Å². The van der Waals surface area contributed by atoms with Crippen molar-refractivity contribution in [3.63, 3.8) is 0 Å². The molecule has 0 unspecified atom stereocenters. The maximum atomic E-state index is 12.5. The van der Waals surface area contributed by atoms with Crippen LogP contribution in [-0.2, 0) is 4.79 Å². The summed E-state index contributed by atoms with van der Waals surface area (Å²) in [6, 6.07) is 7.20. The Hall–Kier alpha value is -2.24. The first-order chi connectivity index (χ1) is 11.5. The maximum Gasteiger partial charge on any atom is 0.318 e. The molecule has 6 nitrogen and oxygen atoms in total. The molecule has 6 heteroatoms. The van der Waals surface area contributed by atoms with Crippen LogP contribution >= 0.6 is 0 Å². The lowest BCUT2D eigenvalue weighted by atomic mass is 9.96. The Labute approximate surface area is 150 Å². The van der Waals surface area contributed by atoms with E-state index in [9.17, 15) is 9.59 Å². The summed E-state index contributed by atoms with van der Waals surface area (Å²) in [4.78, 5) is 25.8. The molecule has 1 aromatic carbocycles.